The van der Waals surface area contributed by atoms with Gasteiger partial charge in [-0.2, -0.15) is 0 Å². The Morgan fingerprint density at radius 3 is 1.33 bits per heavy atom. The summed E-state index contributed by atoms with van der Waals surface area (Å²) in [5.74, 6) is 0. The third kappa shape index (κ3) is 22.5. The molecule has 0 atom stereocenters. The van der Waals surface area contributed by atoms with Gasteiger partial charge < -0.3 is 16.5 Å². The van der Waals surface area contributed by atoms with Crippen LogP contribution in [0, 0.1) is 0 Å². The molecule has 2 N–H and O–H groups in total. The van der Waals surface area contributed by atoms with Crippen molar-refractivity contribution in [2.24, 2.45) is 0 Å². The molecule has 0 aliphatic heterocycles. The molecule has 5 heteroatoms. The Morgan fingerprint density at radius 2 is 1.33 bits per heavy atom. The van der Waals surface area contributed by atoms with E-state index in [2.05, 4.69) is 25.7 Å². The molecule has 70 valence electrons. The molecule has 0 heterocycles. The van der Waals surface area contributed by atoms with Crippen molar-refractivity contribution in [3.8, 4) is 0 Å². The molecule has 0 saturated heterocycles. The van der Waals surface area contributed by atoms with Gasteiger partial charge in [-0.25, -0.2) is 4.79 Å². The summed E-state index contributed by atoms with van der Waals surface area (Å²) in [6.45, 7) is 10.1. The summed E-state index contributed by atoms with van der Waals surface area (Å²) < 4.78 is 0. The summed E-state index contributed by atoms with van der Waals surface area (Å²) in [6, 6.07) is 0. The van der Waals surface area contributed by atoms with Gasteiger partial charge in [0, 0.05) is 0 Å². The Bertz CT molecular complexity index is 92.2. The number of nitrogens with zero attached hydrogens (tertiary/aromatic N) is 1. The second-order valence-electron chi connectivity index (χ2n) is 1.90. The van der Waals surface area contributed by atoms with Gasteiger partial charge in [-0.05, 0) is 19.6 Å². The number of hydrogen-bond acceptors (Lipinski definition) is 2. The van der Waals surface area contributed by atoms with Crippen LogP contribution >= 0.6 is 0 Å². The average Bonchev–Trinajstić information content (AvgIpc) is 1.90. The van der Waals surface area contributed by atoms with Gasteiger partial charge in [-0.15, -0.1) is 0 Å². The molecular weight excluding hydrogens is 169 g/mol. The molecule has 0 spiro atoms. The van der Waals surface area contributed by atoms with Crippen LogP contribution in [0.3, 0.4) is 0 Å². The Balaban J connectivity index is -0.0000000600. The number of carbonyl (C=O) groups is 1. The molecule has 0 radical (unpaired) electrons. The van der Waals surface area contributed by atoms with Crippen LogP contribution in [0.5, 0.6) is 0 Å². The Labute approximate surface area is 97.3 Å². The molecular formula is C7H18NNaO3. The smallest absolute Gasteiger partial charge is 1.00 e. The van der Waals surface area contributed by atoms with Gasteiger partial charge in [0.25, 0.3) is 0 Å². The van der Waals surface area contributed by atoms with Crippen molar-refractivity contribution in [2.45, 2.75) is 20.8 Å². The Kier molecular flexibility index (Phi) is 20.8. The van der Waals surface area contributed by atoms with E-state index in [1.807, 2.05) is 0 Å². The largest absolute Gasteiger partial charge is 1.00 e. The predicted octanol–water partition coefficient (Wildman–Crippen LogP) is -1.31. The fraction of sp³-hybridized carbons (Fsp3) is 0.857. The molecule has 0 rings (SSSR count). The average molecular weight is 187 g/mol. The van der Waals surface area contributed by atoms with Gasteiger partial charge in [-0.1, -0.05) is 20.8 Å². The van der Waals surface area contributed by atoms with Crippen LogP contribution in [0.15, 0.2) is 0 Å². The van der Waals surface area contributed by atoms with E-state index in [0.717, 1.165) is 0 Å². The molecule has 0 aliphatic carbocycles. The third-order valence-corrected chi connectivity index (χ3v) is 1.34. The van der Waals surface area contributed by atoms with Crippen LogP contribution < -0.4 is 29.6 Å². The van der Waals surface area contributed by atoms with Crippen molar-refractivity contribution >= 4 is 6.16 Å². The van der Waals surface area contributed by atoms with Crippen molar-refractivity contribution in [3.05, 3.63) is 0 Å². The number of carboxylic acid groups (broad SMARTS) is 2. The molecule has 0 aromatic carbocycles. The Hall–Kier alpha value is 0.230. The zero-order valence-electron chi connectivity index (χ0n) is 9.37. The van der Waals surface area contributed by atoms with Gasteiger partial charge in [0.15, 0.2) is 0 Å². The molecule has 4 nitrogen and oxygen atoms in total. The normalized spacial score (nSPS) is 8.00. The fourth-order valence-corrected chi connectivity index (χ4v) is 0.671. The molecule has 0 aliphatic rings. The summed E-state index contributed by atoms with van der Waals surface area (Å²) in [6.07, 6.45) is -1.83. The van der Waals surface area contributed by atoms with E-state index in [9.17, 15) is 0 Å². The van der Waals surface area contributed by atoms with Crippen molar-refractivity contribution < 1.29 is 46.0 Å². The first-order valence-corrected chi connectivity index (χ1v) is 3.72. The molecule has 0 bridgehead atoms. The predicted molar refractivity (Wildman–Crippen MR) is 45.2 cm³/mol. The molecule has 0 unspecified atom stereocenters. The van der Waals surface area contributed by atoms with Crippen molar-refractivity contribution in [2.75, 3.05) is 19.6 Å². The molecule has 12 heavy (non-hydrogen) atoms. The van der Waals surface area contributed by atoms with E-state index in [4.69, 9.17) is 15.0 Å². The van der Waals surface area contributed by atoms with Crippen LogP contribution in [0.25, 0.3) is 0 Å². The minimum atomic E-state index is -1.83. The zero-order chi connectivity index (χ0) is 9.28. The summed E-state index contributed by atoms with van der Waals surface area (Å²) in [5.41, 5.74) is 0. The topological polar surface area (TPSA) is 60.8 Å². The minimum absolute atomic E-state index is 0. The molecule has 0 amide bonds. The van der Waals surface area contributed by atoms with Crippen LogP contribution in [0.2, 0.25) is 0 Å². The maximum Gasteiger partial charge on any atom is 1.00 e. The van der Waals surface area contributed by atoms with Crippen LogP contribution in [0.4, 0.5) is 4.79 Å². The van der Waals surface area contributed by atoms with Crippen molar-refractivity contribution in [1.29, 1.82) is 0 Å². The molecule has 0 aromatic rings. The molecule has 0 fully saturated rings. The standard InChI is InChI=1S/C6H15N.CH2O3.Na.H/c1-4-7(5-2)6-3;2-1(3)4;;/h4-6H2,1-3H3;(H2,2,3,4);;/q;;+1;-1. The SMILES string of the molecule is CCN(CC)CC.O=C(O)O.[H-].[Na+]. The quantitative estimate of drug-likeness (QED) is 0.538. The summed E-state index contributed by atoms with van der Waals surface area (Å²) in [5, 5.41) is 13.9. The first-order chi connectivity index (χ1) is 5.08. The van der Waals surface area contributed by atoms with Crippen LogP contribution in [-0.4, -0.2) is 40.9 Å². The van der Waals surface area contributed by atoms with E-state index in [-0.39, 0.29) is 31.0 Å². The van der Waals surface area contributed by atoms with Crippen LogP contribution in [-0.2, 0) is 0 Å². The Morgan fingerprint density at radius 1 is 1.17 bits per heavy atom. The number of rotatable bonds is 3. The third-order valence-electron chi connectivity index (χ3n) is 1.34. The van der Waals surface area contributed by atoms with Gasteiger partial charge in [0.1, 0.15) is 0 Å². The number of hydrogen-bond donors (Lipinski definition) is 2. The van der Waals surface area contributed by atoms with Gasteiger partial charge >= 0.3 is 35.7 Å². The first kappa shape index (κ1) is 18.1. The second-order valence-corrected chi connectivity index (χ2v) is 1.90. The van der Waals surface area contributed by atoms with Gasteiger partial charge in [0.05, 0.1) is 0 Å². The maximum absolute atomic E-state index is 8.56. The van der Waals surface area contributed by atoms with Crippen molar-refractivity contribution in [1.82, 2.24) is 4.90 Å². The van der Waals surface area contributed by atoms with E-state index < -0.39 is 6.16 Å². The maximum atomic E-state index is 8.56. The van der Waals surface area contributed by atoms with Gasteiger partial charge in [-0.3, -0.25) is 0 Å². The zero-order valence-corrected chi connectivity index (χ0v) is 10.4. The van der Waals surface area contributed by atoms with E-state index >= 15 is 0 Å². The van der Waals surface area contributed by atoms with Crippen molar-refractivity contribution in [3.63, 3.8) is 0 Å². The summed E-state index contributed by atoms with van der Waals surface area (Å²) in [4.78, 5) is 10.9. The monoisotopic (exact) mass is 187 g/mol. The second kappa shape index (κ2) is 13.8. The fourth-order valence-electron chi connectivity index (χ4n) is 0.671. The van der Waals surface area contributed by atoms with E-state index in [1.54, 1.807) is 0 Å². The summed E-state index contributed by atoms with van der Waals surface area (Å²) in [7, 11) is 0. The van der Waals surface area contributed by atoms with E-state index in [0.29, 0.717) is 0 Å². The van der Waals surface area contributed by atoms with Crippen LogP contribution in [0.1, 0.15) is 22.2 Å². The minimum Gasteiger partial charge on any atom is -1.00 e. The molecule has 0 aromatic heterocycles. The molecule has 0 saturated carbocycles. The van der Waals surface area contributed by atoms with Gasteiger partial charge in [0.2, 0.25) is 0 Å². The first-order valence-electron chi connectivity index (χ1n) is 3.72. The summed E-state index contributed by atoms with van der Waals surface area (Å²) >= 11 is 0. The van der Waals surface area contributed by atoms with E-state index in [1.165, 1.54) is 19.6 Å².